The van der Waals surface area contributed by atoms with Crippen LogP contribution in [0, 0.1) is 6.92 Å². The summed E-state index contributed by atoms with van der Waals surface area (Å²) in [5.41, 5.74) is 3.23. The maximum absolute atomic E-state index is 13.1. The fourth-order valence-electron chi connectivity index (χ4n) is 3.63. The molecule has 1 heterocycles. The molecule has 162 valence electrons. The third-order valence-corrected chi connectivity index (χ3v) is 7.46. The molecule has 1 amide bonds. The van der Waals surface area contributed by atoms with E-state index in [1.165, 1.54) is 6.07 Å². The first kappa shape index (κ1) is 22.3. The molecule has 1 aliphatic rings. The molecular formula is C23H31N3O3S. The van der Waals surface area contributed by atoms with Crippen molar-refractivity contribution >= 4 is 21.6 Å². The van der Waals surface area contributed by atoms with Gasteiger partial charge in [-0.2, -0.15) is 4.31 Å². The summed E-state index contributed by atoms with van der Waals surface area (Å²) >= 11 is 0. The minimum absolute atomic E-state index is 0.190. The van der Waals surface area contributed by atoms with E-state index in [0.717, 1.165) is 42.5 Å². The average Bonchev–Trinajstić information content (AvgIpc) is 3.02. The minimum atomic E-state index is -3.59. The highest BCUT2D eigenvalue weighted by Crippen LogP contribution is 2.23. The SMILES string of the molecule is Cc1ccc(S(=O)(=O)N2CCCCCC2)cc1C(=O)NCc1ccc(N(C)C)cc1. The number of nitrogens with one attached hydrogen (secondary N) is 1. The number of carbonyl (C=O) groups excluding carboxylic acids is 1. The van der Waals surface area contributed by atoms with Gasteiger partial charge in [0.2, 0.25) is 10.0 Å². The van der Waals surface area contributed by atoms with E-state index in [1.54, 1.807) is 16.4 Å². The average molecular weight is 430 g/mol. The number of hydrogen-bond acceptors (Lipinski definition) is 4. The van der Waals surface area contributed by atoms with E-state index in [0.29, 0.717) is 25.2 Å². The molecule has 0 aromatic heterocycles. The van der Waals surface area contributed by atoms with Crippen LogP contribution in [0.2, 0.25) is 0 Å². The monoisotopic (exact) mass is 429 g/mol. The predicted octanol–water partition coefficient (Wildman–Crippen LogP) is 3.56. The molecule has 0 saturated carbocycles. The lowest BCUT2D eigenvalue weighted by molar-refractivity contribution is 0.0950. The Morgan fingerprint density at radius 3 is 2.23 bits per heavy atom. The predicted molar refractivity (Wildman–Crippen MR) is 120 cm³/mol. The summed E-state index contributed by atoms with van der Waals surface area (Å²) in [5.74, 6) is -0.267. The van der Waals surface area contributed by atoms with E-state index in [9.17, 15) is 13.2 Å². The van der Waals surface area contributed by atoms with Gasteiger partial charge in [-0.25, -0.2) is 8.42 Å². The Balaban J connectivity index is 1.74. The van der Waals surface area contributed by atoms with Gasteiger partial charge in [-0.05, 0) is 55.2 Å². The Morgan fingerprint density at radius 2 is 1.63 bits per heavy atom. The van der Waals surface area contributed by atoms with E-state index >= 15 is 0 Å². The van der Waals surface area contributed by atoms with Crippen molar-refractivity contribution in [3.05, 3.63) is 59.2 Å². The lowest BCUT2D eigenvalue weighted by Crippen LogP contribution is -2.32. The van der Waals surface area contributed by atoms with E-state index in [4.69, 9.17) is 0 Å². The molecule has 2 aromatic rings. The molecule has 0 unspecified atom stereocenters. The van der Waals surface area contributed by atoms with Gasteiger partial charge in [0.05, 0.1) is 4.90 Å². The van der Waals surface area contributed by atoms with Crippen LogP contribution in [-0.4, -0.2) is 45.8 Å². The topological polar surface area (TPSA) is 69.7 Å². The number of anilines is 1. The lowest BCUT2D eigenvalue weighted by Gasteiger charge is -2.20. The number of amides is 1. The molecule has 0 bridgehead atoms. The van der Waals surface area contributed by atoms with Crippen molar-refractivity contribution in [2.24, 2.45) is 0 Å². The Kier molecular flexibility index (Phi) is 7.15. The zero-order valence-corrected chi connectivity index (χ0v) is 18.8. The van der Waals surface area contributed by atoms with Crippen LogP contribution < -0.4 is 10.2 Å². The summed E-state index contributed by atoms with van der Waals surface area (Å²) in [5, 5.41) is 2.91. The van der Waals surface area contributed by atoms with Gasteiger partial charge < -0.3 is 10.2 Å². The van der Waals surface area contributed by atoms with Crippen LogP contribution in [0.3, 0.4) is 0 Å². The van der Waals surface area contributed by atoms with Crippen LogP contribution in [-0.2, 0) is 16.6 Å². The minimum Gasteiger partial charge on any atom is -0.378 e. The maximum Gasteiger partial charge on any atom is 0.251 e. The molecular weight excluding hydrogens is 398 g/mol. The smallest absolute Gasteiger partial charge is 0.251 e. The molecule has 0 radical (unpaired) electrons. The zero-order valence-electron chi connectivity index (χ0n) is 18.0. The molecule has 2 aromatic carbocycles. The first-order valence-electron chi connectivity index (χ1n) is 10.4. The maximum atomic E-state index is 13.1. The van der Waals surface area contributed by atoms with Crippen LogP contribution in [0.4, 0.5) is 5.69 Å². The second-order valence-electron chi connectivity index (χ2n) is 8.04. The molecule has 1 saturated heterocycles. The second-order valence-corrected chi connectivity index (χ2v) is 9.98. The molecule has 0 spiro atoms. The summed E-state index contributed by atoms with van der Waals surface area (Å²) in [7, 11) is 0.367. The number of aryl methyl sites for hydroxylation is 1. The highest BCUT2D eigenvalue weighted by molar-refractivity contribution is 7.89. The van der Waals surface area contributed by atoms with Crippen molar-refractivity contribution in [3.8, 4) is 0 Å². The van der Waals surface area contributed by atoms with E-state index in [1.807, 2.05) is 50.2 Å². The normalized spacial score (nSPS) is 15.4. The van der Waals surface area contributed by atoms with Crippen molar-refractivity contribution in [1.82, 2.24) is 9.62 Å². The van der Waals surface area contributed by atoms with Gasteiger partial charge in [0.1, 0.15) is 0 Å². The van der Waals surface area contributed by atoms with Gasteiger partial charge in [-0.15, -0.1) is 0 Å². The standard InChI is InChI=1S/C23H31N3O3S/c1-18-8-13-21(30(28,29)26-14-6-4-5-7-15-26)16-22(18)23(27)24-17-19-9-11-20(12-10-19)25(2)3/h8-13,16H,4-7,14-15,17H2,1-3H3,(H,24,27). The first-order chi connectivity index (χ1) is 14.3. The Bertz CT molecular complexity index is 977. The first-order valence-corrected chi connectivity index (χ1v) is 11.9. The fourth-order valence-corrected chi connectivity index (χ4v) is 5.17. The Hall–Kier alpha value is -2.38. The van der Waals surface area contributed by atoms with Gasteiger partial charge in [0.25, 0.3) is 5.91 Å². The second kappa shape index (κ2) is 9.62. The number of benzene rings is 2. The van der Waals surface area contributed by atoms with E-state index < -0.39 is 10.0 Å². The number of carbonyl (C=O) groups is 1. The largest absolute Gasteiger partial charge is 0.378 e. The summed E-state index contributed by atoms with van der Waals surface area (Å²) < 4.78 is 27.7. The number of hydrogen-bond donors (Lipinski definition) is 1. The van der Waals surface area contributed by atoms with Crippen molar-refractivity contribution < 1.29 is 13.2 Å². The Labute approximate surface area is 179 Å². The van der Waals surface area contributed by atoms with Crippen molar-refractivity contribution in [1.29, 1.82) is 0 Å². The number of nitrogens with zero attached hydrogens (tertiary/aromatic N) is 2. The Morgan fingerprint density at radius 1 is 1.00 bits per heavy atom. The molecule has 3 rings (SSSR count). The van der Waals surface area contributed by atoms with Crippen LogP contribution in [0.5, 0.6) is 0 Å². The lowest BCUT2D eigenvalue weighted by atomic mass is 10.1. The molecule has 1 aliphatic heterocycles. The van der Waals surface area contributed by atoms with Gasteiger partial charge in [0.15, 0.2) is 0 Å². The van der Waals surface area contributed by atoms with Crippen molar-refractivity contribution in [3.63, 3.8) is 0 Å². The van der Waals surface area contributed by atoms with Crippen LogP contribution in [0.1, 0.15) is 47.2 Å². The number of sulfonamides is 1. The molecule has 6 nitrogen and oxygen atoms in total. The van der Waals surface area contributed by atoms with Gasteiger partial charge in [-0.3, -0.25) is 4.79 Å². The zero-order chi connectivity index (χ0) is 21.7. The highest BCUT2D eigenvalue weighted by Gasteiger charge is 2.26. The van der Waals surface area contributed by atoms with Crippen LogP contribution >= 0.6 is 0 Å². The molecule has 7 heteroatoms. The summed E-state index contributed by atoms with van der Waals surface area (Å²) in [6.07, 6.45) is 3.88. The molecule has 0 atom stereocenters. The summed E-state index contributed by atoms with van der Waals surface area (Å²) in [4.78, 5) is 15.0. The summed E-state index contributed by atoms with van der Waals surface area (Å²) in [6.45, 7) is 3.29. The quantitative estimate of drug-likeness (QED) is 0.762. The van der Waals surface area contributed by atoms with Crippen molar-refractivity contribution in [2.45, 2.75) is 44.0 Å². The number of rotatable bonds is 6. The van der Waals surface area contributed by atoms with E-state index in [2.05, 4.69) is 5.32 Å². The third-order valence-electron chi connectivity index (χ3n) is 5.56. The molecule has 1 fully saturated rings. The molecule has 0 aliphatic carbocycles. The highest BCUT2D eigenvalue weighted by atomic mass is 32.2. The van der Waals surface area contributed by atoms with Crippen molar-refractivity contribution in [2.75, 3.05) is 32.1 Å². The van der Waals surface area contributed by atoms with Crippen LogP contribution in [0.15, 0.2) is 47.4 Å². The van der Waals surface area contributed by atoms with E-state index in [-0.39, 0.29) is 10.8 Å². The fraction of sp³-hybridized carbons (Fsp3) is 0.435. The summed E-state index contributed by atoms with van der Waals surface area (Å²) in [6, 6.07) is 12.8. The van der Waals surface area contributed by atoms with Crippen LogP contribution in [0.25, 0.3) is 0 Å². The van der Waals surface area contributed by atoms with Gasteiger partial charge in [0, 0.05) is 45.0 Å². The van der Waals surface area contributed by atoms with Gasteiger partial charge in [-0.1, -0.05) is 31.0 Å². The molecule has 30 heavy (non-hydrogen) atoms. The van der Waals surface area contributed by atoms with Gasteiger partial charge >= 0.3 is 0 Å². The third kappa shape index (κ3) is 5.21. The molecule has 1 N–H and O–H groups in total.